The molecule has 0 saturated carbocycles. The lowest BCUT2D eigenvalue weighted by molar-refractivity contribution is -0.596. The molecule has 2 amide bonds. The van der Waals surface area contributed by atoms with Gasteiger partial charge in [0.15, 0.2) is 6.04 Å². The number of nitrogens with one attached hydrogen (secondary N) is 2. The molecule has 0 aromatic heterocycles. The molecule has 0 radical (unpaired) electrons. The number of benzene rings is 3. The largest absolute Gasteiger partial charge is 0.497 e. The number of hydrazone groups is 1. The number of carbonyl (C=O) groups is 2. The molecular formula is C24H21BrN3O3+. The molecule has 6 nitrogen and oxygen atoms in total. The van der Waals surface area contributed by atoms with Crippen LogP contribution < -0.4 is 15.5 Å². The highest BCUT2D eigenvalue weighted by Crippen LogP contribution is 2.27. The smallest absolute Gasteiger partial charge is 0.304 e. The Balaban J connectivity index is 1.70. The average Bonchev–Trinajstić information content (AvgIpc) is 3.10. The molecule has 2 N–H and O–H groups in total. The van der Waals surface area contributed by atoms with Gasteiger partial charge < -0.3 is 10.1 Å². The Bertz CT molecular complexity index is 1110. The van der Waals surface area contributed by atoms with Crippen LogP contribution in [0.4, 0.5) is 0 Å². The molecule has 0 aliphatic carbocycles. The van der Waals surface area contributed by atoms with Gasteiger partial charge in [-0.1, -0.05) is 34.1 Å². The van der Waals surface area contributed by atoms with E-state index in [9.17, 15) is 9.59 Å². The second-order valence-corrected chi connectivity index (χ2v) is 8.01. The topological polar surface area (TPSA) is 70.4 Å². The van der Waals surface area contributed by atoms with Crippen LogP contribution in [0.25, 0.3) is 0 Å². The predicted octanol–water partition coefficient (Wildman–Crippen LogP) is 3.47. The van der Waals surface area contributed by atoms with Crippen molar-refractivity contribution in [1.82, 2.24) is 10.7 Å². The molecule has 0 spiro atoms. The first-order valence-electron chi connectivity index (χ1n) is 9.74. The number of hydrogen-bond acceptors (Lipinski definition) is 3. The molecule has 3 aromatic carbocycles. The zero-order chi connectivity index (χ0) is 21.8. The third-order valence-electron chi connectivity index (χ3n) is 5.08. The van der Waals surface area contributed by atoms with Crippen molar-refractivity contribution < 1.29 is 19.0 Å². The van der Waals surface area contributed by atoms with E-state index in [0.717, 1.165) is 15.6 Å². The van der Waals surface area contributed by atoms with E-state index in [-0.39, 0.29) is 11.8 Å². The van der Waals surface area contributed by atoms with Gasteiger partial charge >= 0.3 is 5.91 Å². The van der Waals surface area contributed by atoms with Crippen LogP contribution in [0.1, 0.15) is 27.5 Å². The molecule has 156 valence electrons. The number of hydrazine groups is 1. The Morgan fingerprint density at radius 2 is 1.71 bits per heavy atom. The van der Waals surface area contributed by atoms with Crippen molar-refractivity contribution in [2.45, 2.75) is 12.1 Å². The lowest BCUT2D eigenvalue weighted by Crippen LogP contribution is -2.42. The van der Waals surface area contributed by atoms with Gasteiger partial charge in [0, 0.05) is 21.2 Å². The maximum Gasteiger partial charge on any atom is 0.304 e. The van der Waals surface area contributed by atoms with E-state index in [1.807, 2.05) is 60.8 Å². The van der Waals surface area contributed by atoms with E-state index >= 15 is 0 Å². The summed E-state index contributed by atoms with van der Waals surface area (Å²) in [5.41, 5.74) is 5.16. The van der Waals surface area contributed by atoms with Crippen molar-refractivity contribution in [1.29, 1.82) is 0 Å². The van der Waals surface area contributed by atoms with Gasteiger partial charge in [0.25, 0.3) is 5.91 Å². The van der Waals surface area contributed by atoms with Crippen LogP contribution >= 0.6 is 15.9 Å². The van der Waals surface area contributed by atoms with Crippen LogP contribution in [0, 0.1) is 0 Å². The summed E-state index contributed by atoms with van der Waals surface area (Å²) in [4.78, 5) is 25.7. The van der Waals surface area contributed by atoms with Crippen LogP contribution in [0.15, 0.2) is 83.3 Å². The standard InChI is InChI=1S/C24H20BrN3O3/c1-31-20-13-9-17(10-14-20)22-21(26-23(29)18-5-3-2-4-6-18)24(30)27-28(22)15-16-7-11-19(25)12-8-16/h2-15,21-22H,1H3,(H-,26,27,29,30)/p+1/b28-15-/t21-,22+/m1/s1. The van der Waals surface area contributed by atoms with Crippen LogP contribution in [0.5, 0.6) is 5.75 Å². The number of halogens is 1. The third-order valence-corrected chi connectivity index (χ3v) is 5.60. The molecule has 2 atom stereocenters. The molecule has 0 unspecified atom stereocenters. The normalized spacial score (nSPS) is 19.2. The number of amides is 2. The van der Waals surface area contributed by atoms with Crippen LogP contribution in [0.2, 0.25) is 0 Å². The van der Waals surface area contributed by atoms with Crippen LogP contribution in [-0.4, -0.2) is 35.9 Å². The summed E-state index contributed by atoms with van der Waals surface area (Å²) in [6, 6.07) is 22.9. The van der Waals surface area contributed by atoms with Crippen LogP contribution in [0.3, 0.4) is 0 Å². The molecule has 3 aromatic rings. The minimum atomic E-state index is -0.771. The lowest BCUT2D eigenvalue weighted by Gasteiger charge is -2.15. The maximum atomic E-state index is 12.9. The molecular weight excluding hydrogens is 458 g/mol. The van der Waals surface area contributed by atoms with Gasteiger partial charge in [-0.05, 0) is 60.7 Å². The van der Waals surface area contributed by atoms with E-state index in [1.165, 1.54) is 0 Å². The minimum Gasteiger partial charge on any atom is -0.497 e. The second-order valence-electron chi connectivity index (χ2n) is 7.10. The van der Waals surface area contributed by atoms with Gasteiger partial charge in [-0.2, -0.15) is 0 Å². The van der Waals surface area contributed by atoms with Gasteiger partial charge in [-0.3, -0.25) is 9.59 Å². The fraction of sp³-hybridized carbons (Fsp3) is 0.125. The van der Waals surface area contributed by atoms with Gasteiger partial charge in [0.05, 0.1) is 7.11 Å². The number of nitrogens with zero attached hydrogens (tertiary/aromatic N) is 1. The quantitative estimate of drug-likeness (QED) is 0.551. The Morgan fingerprint density at radius 3 is 2.35 bits per heavy atom. The van der Waals surface area contributed by atoms with Gasteiger partial charge in [0.1, 0.15) is 5.75 Å². The zero-order valence-electron chi connectivity index (χ0n) is 16.8. The SMILES string of the molecule is COc1ccc([C@H]2[C@@H](NC(=O)c3ccccc3)C(=O)N/[N+]2=C\c2ccc(Br)cc2)cc1. The highest BCUT2D eigenvalue weighted by atomic mass is 79.9. The molecule has 1 aliphatic rings. The first kappa shape index (κ1) is 20.8. The van der Waals surface area contributed by atoms with Crippen molar-refractivity contribution >= 4 is 34.0 Å². The summed E-state index contributed by atoms with van der Waals surface area (Å²) in [6.07, 6.45) is 1.86. The molecule has 4 rings (SSSR count). The number of ether oxygens (including phenoxy) is 1. The number of rotatable bonds is 5. The fourth-order valence-electron chi connectivity index (χ4n) is 3.51. The molecule has 1 saturated heterocycles. The van der Waals surface area contributed by atoms with E-state index in [1.54, 1.807) is 36.1 Å². The molecule has 1 fully saturated rings. The van der Waals surface area contributed by atoms with E-state index in [4.69, 9.17) is 4.74 Å². The first-order valence-corrected chi connectivity index (χ1v) is 10.5. The lowest BCUT2D eigenvalue weighted by atomic mass is 9.99. The first-order chi connectivity index (χ1) is 15.0. The van der Waals surface area contributed by atoms with Gasteiger partial charge in [0.2, 0.25) is 12.3 Å². The highest BCUT2D eigenvalue weighted by molar-refractivity contribution is 9.10. The van der Waals surface area contributed by atoms with Gasteiger partial charge in [-0.25, -0.2) is 0 Å². The second kappa shape index (κ2) is 9.14. The minimum absolute atomic E-state index is 0.279. The Hall–Kier alpha value is -3.45. The average molecular weight is 479 g/mol. The van der Waals surface area contributed by atoms with Crippen molar-refractivity contribution in [2.75, 3.05) is 7.11 Å². The van der Waals surface area contributed by atoms with E-state index in [0.29, 0.717) is 11.3 Å². The molecule has 1 heterocycles. The number of carbonyl (C=O) groups excluding carboxylic acids is 2. The molecule has 1 aliphatic heterocycles. The Kier molecular flexibility index (Phi) is 6.13. The Labute approximate surface area is 188 Å². The summed E-state index contributed by atoms with van der Waals surface area (Å²) < 4.78 is 7.96. The number of hydrogen-bond donors (Lipinski definition) is 2. The maximum absolute atomic E-state index is 12.9. The molecule has 7 heteroatoms. The molecule has 0 bridgehead atoms. The monoisotopic (exact) mass is 478 g/mol. The predicted molar refractivity (Wildman–Crippen MR) is 121 cm³/mol. The highest BCUT2D eigenvalue weighted by Gasteiger charge is 2.47. The summed E-state index contributed by atoms with van der Waals surface area (Å²) in [5.74, 6) is 0.137. The van der Waals surface area contributed by atoms with E-state index in [2.05, 4.69) is 26.7 Å². The van der Waals surface area contributed by atoms with Crippen molar-refractivity contribution in [2.24, 2.45) is 0 Å². The molecule has 31 heavy (non-hydrogen) atoms. The Morgan fingerprint density at radius 1 is 1.03 bits per heavy atom. The fourth-order valence-corrected chi connectivity index (χ4v) is 3.77. The van der Waals surface area contributed by atoms with E-state index < -0.39 is 12.1 Å². The summed E-state index contributed by atoms with van der Waals surface area (Å²) in [6.45, 7) is 0. The van der Waals surface area contributed by atoms with Crippen molar-refractivity contribution in [3.05, 3.63) is 100 Å². The summed E-state index contributed by atoms with van der Waals surface area (Å²) in [5, 5.41) is 2.90. The summed E-state index contributed by atoms with van der Waals surface area (Å²) >= 11 is 3.43. The van der Waals surface area contributed by atoms with Crippen LogP contribution in [-0.2, 0) is 4.79 Å². The number of methoxy groups -OCH3 is 1. The summed E-state index contributed by atoms with van der Waals surface area (Å²) in [7, 11) is 1.60. The van der Waals surface area contributed by atoms with Crippen molar-refractivity contribution in [3.8, 4) is 5.75 Å². The van der Waals surface area contributed by atoms with Crippen molar-refractivity contribution in [3.63, 3.8) is 0 Å². The third kappa shape index (κ3) is 4.67. The zero-order valence-corrected chi connectivity index (χ0v) is 18.4. The van der Waals surface area contributed by atoms with Gasteiger partial charge in [-0.15, -0.1) is 10.1 Å².